The molecule has 128 valence electrons. The third-order valence-corrected chi connectivity index (χ3v) is 4.14. The number of nitrogens with zero attached hydrogens (tertiary/aromatic N) is 4. The molecule has 1 atom stereocenters. The molecular weight excluding hydrogens is 314 g/mol. The van der Waals surface area contributed by atoms with Crippen molar-refractivity contribution >= 4 is 30.0 Å². The average molecular weight is 335 g/mol. The number of hydrazone groups is 1. The van der Waals surface area contributed by atoms with Crippen LogP contribution in [0.25, 0.3) is 17.5 Å². The zero-order valence-corrected chi connectivity index (χ0v) is 14.6. The summed E-state index contributed by atoms with van der Waals surface area (Å²) in [7, 11) is 1.84. The normalized spacial score (nSPS) is 16.2. The predicted octanol–water partition coefficient (Wildman–Crippen LogP) is 3.36. The van der Waals surface area contributed by atoms with Crippen molar-refractivity contribution in [2.24, 2.45) is 5.10 Å². The van der Waals surface area contributed by atoms with Crippen LogP contribution in [0.3, 0.4) is 0 Å². The molecule has 0 amide bonds. The highest BCUT2D eigenvalue weighted by Crippen LogP contribution is 2.38. The van der Waals surface area contributed by atoms with E-state index in [0.717, 1.165) is 33.9 Å². The number of hydrogen-bond acceptors (Lipinski definition) is 6. The quantitative estimate of drug-likeness (QED) is 0.838. The number of aliphatic hydroxyl groups is 1. The molecule has 3 heterocycles. The minimum absolute atomic E-state index is 0.598. The second-order valence-electron chi connectivity index (χ2n) is 5.71. The molecule has 25 heavy (non-hydrogen) atoms. The van der Waals surface area contributed by atoms with Gasteiger partial charge in [-0.2, -0.15) is 5.10 Å². The minimum Gasteiger partial charge on any atom is -0.387 e. The third kappa shape index (κ3) is 3.04. The van der Waals surface area contributed by atoms with Crippen LogP contribution in [0.15, 0.2) is 41.8 Å². The number of aliphatic hydroxyl groups excluding tert-OH is 1. The Labute approximate surface area is 147 Å². The maximum atomic E-state index is 9.64. The molecule has 0 saturated heterocycles. The van der Waals surface area contributed by atoms with Gasteiger partial charge in [0.15, 0.2) is 0 Å². The summed E-state index contributed by atoms with van der Waals surface area (Å²) in [5.74, 6) is 0.793. The number of pyridine rings is 2. The van der Waals surface area contributed by atoms with Gasteiger partial charge in [-0.15, -0.1) is 0 Å². The Morgan fingerprint density at radius 1 is 1.32 bits per heavy atom. The molecule has 0 aromatic carbocycles. The van der Waals surface area contributed by atoms with Crippen LogP contribution in [0.4, 0.5) is 5.82 Å². The van der Waals surface area contributed by atoms with E-state index in [1.165, 1.54) is 0 Å². The molecule has 0 bridgehead atoms. The van der Waals surface area contributed by atoms with Crippen LogP contribution >= 0.6 is 0 Å². The Kier molecular flexibility index (Phi) is 4.63. The summed E-state index contributed by atoms with van der Waals surface area (Å²) in [4.78, 5) is 8.73. The Balaban J connectivity index is 2.14. The van der Waals surface area contributed by atoms with Crippen molar-refractivity contribution in [1.82, 2.24) is 15.0 Å². The molecule has 1 unspecified atom stereocenters. The third-order valence-electron chi connectivity index (χ3n) is 4.14. The summed E-state index contributed by atoms with van der Waals surface area (Å²) in [6.45, 7) is 7.38. The molecule has 3 rings (SSSR count). The lowest BCUT2D eigenvalue weighted by Crippen LogP contribution is -2.19. The van der Waals surface area contributed by atoms with Gasteiger partial charge in [-0.3, -0.25) is 4.98 Å². The number of allylic oxidation sites excluding steroid dienone is 1. The van der Waals surface area contributed by atoms with Gasteiger partial charge in [-0.25, -0.2) is 9.99 Å². The number of anilines is 1. The number of aromatic nitrogens is 2. The van der Waals surface area contributed by atoms with Crippen molar-refractivity contribution in [2.75, 3.05) is 12.4 Å². The highest BCUT2D eigenvalue weighted by molar-refractivity contribution is 5.93. The van der Waals surface area contributed by atoms with E-state index >= 15 is 0 Å². The lowest BCUT2D eigenvalue weighted by atomic mass is 9.98. The molecule has 6 heteroatoms. The van der Waals surface area contributed by atoms with Gasteiger partial charge in [0, 0.05) is 42.8 Å². The lowest BCUT2D eigenvalue weighted by molar-refractivity contribution is 0.194. The Hall–Kier alpha value is -2.99. The van der Waals surface area contributed by atoms with E-state index in [1.807, 2.05) is 50.5 Å². The van der Waals surface area contributed by atoms with Crippen molar-refractivity contribution < 1.29 is 5.11 Å². The first-order valence-corrected chi connectivity index (χ1v) is 8.06. The molecule has 0 radical (unpaired) electrons. The average Bonchev–Trinajstić information content (AvgIpc) is 2.65. The van der Waals surface area contributed by atoms with E-state index in [-0.39, 0.29) is 0 Å². The lowest BCUT2D eigenvalue weighted by Gasteiger charge is -2.30. The molecule has 1 aliphatic heterocycles. The Morgan fingerprint density at radius 2 is 2.12 bits per heavy atom. The molecule has 2 N–H and O–H groups in total. The van der Waals surface area contributed by atoms with Gasteiger partial charge in [-0.1, -0.05) is 6.08 Å². The summed E-state index contributed by atoms with van der Waals surface area (Å²) in [5, 5.41) is 18.7. The fourth-order valence-corrected chi connectivity index (χ4v) is 2.83. The van der Waals surface area contributed by atoms with E-state index in [9.17, 15) is 5.11 Å². The summed E-state index contributed by atoms with van der Waals surface area (Å²) >= 11 is 0. The van der Waals surface area contributed by atoms with Gasteiger partial charge in [0.1, 0.15) is 5.82 Å². The number of nitrogens with one attached hydrogen (secondary N) is 1. The van der Waals surface area contributed by atoms with Crippen LogP contribution in [0.5, 0.6) is 0 Å². The zero-order valence-electron chi connectivity index (χ0n) is 14.6. The minimum atomic E-state index is -0.598. The van der Waals surface area contributed by atoms with Gasteiger partial charge >= 0.3 is 0 Å². The maximum absolute atomic E-state index is 9.64. The number of hydrogen-bond donors (Lipinski definition) is 2. The van der Waals surface area contributed by atoms with Crippen molar-refractivity contribution in [3.05, 3.63) is 59.1 Å². The van der Waals surface area contributed by atoms with Crippen molar-refractivity contribution in [1.29, 1.82) is 0 Å². The van der Waals surface area contributed by atoms with Crippen LogP contribution in [0.1, 0.15) is 42.3 Å². The van der Waals surface area contributed by atoms with Gasteiger partial charge in [0.2, 0.25) is 0 Å². The Bertz CT molecular complexity index is 853. The SMILES string of the molecule is C=NN1C(c2ccc(C(C)O)nc2)=Cc2cnc(NC)cc2/C1=C/C. The number of fused-ring (bicyclic) bond motifs is 1. The molecule has 2 aromatic heterocycles. The fraction of sp³-hybridized carbons (Fsp3) is 0.211. The van der Waals surface area contributed by atoms with E-state index in [4.69, 9.17) is 0 Å². The van der Waals surface area contributed by atoms with Gasteiger partial charge < -0.3 is 10.4 Å². The zero-order chi connectivity index (χ0) is 18.0. The standard InChI is InChI=1S/C19H21N5O/c1-5-17-15-9-19(20-3)23-11-14(15)8-18(24(17)21-4)13-6-7-16(12(2)25)22-10-13/h5-12,25H,4H2,1-3H3,(H,20,23)/b17-5-. The maximum Gasteiger partial charge on any atom is 0.126 e. The first-order chi connectivity index (χ1) is 12.1. The molecule has 1 aliphatic rings. The van der Waals surface area contributed by atoms with Gasteiger partial charge in [0.05, 0.1) is 23.2 Å². The van der Waals surface area contributed by atoms with Crippen molar-refractivity contribution in [2.45, 2.75) is 20.0 Å². The largest absolute Gasteiger partial charge is 0.387 e. The van der Waals surface area contributed by atoms with Crippen molar-refractivity contribution in [3.8, 4) is 0 Å². The van der Waals surface area contributed by atoms with E-state index in [2.05, 4.69) is 27.1 Å². The summed E-state index contributed by atoms with van der Waals surface area (Å²) < 4.78 is 0. The molecule has 6 nitrogen and oxygen atoms in total. The Morgan fingerprint density at radius 3 is 2.68 bits per heavy atom. The first kappa shape index (κ1) is 16.9. The fourth-order valence-electron chi connectivity index (χ4n) is 2.83. The monoisotopic (exact) mass is 335 g/mol. The van der Waals surface area contributed by atoms with Crippen LogP contribution in [0, 0.1) is 0 Å². The van der Waals surface area contributed by atoms with E-state index in [0.29, 0.717) is 5.69 Å². The summed E-state index contributed by atoms with van der Waals surface area (Å²) in [5.41, 5.74) is 5.35. The molecule has 0 fully saturated rings. The smallest absolute Gasteiger partial charge is 0.126 e. The molecule has 0 spiro atoms. The molecular formula is C19H21N5O. The van der Waals surface area contributed by atoms with E-state index in [1.54, 1.807) is 18.1 Å². The first-order valence-electron chi connectivity index (χ1n) is 8.06. The summed E-state index contributed by atoms with van der Waals surface area (Å²) in [6.07, 6.45) is 6.99. The van der Waals surface area contributed by atoms with Crippen LogP contribution in [-0.4, -0.2) is 33.8 Å². The van der Waals surface area contributed by atoms with Gasteiger partial charge in [0.25, 0.3) is 0 Å². The highest BCUT2D eigenvalue weighted by Gasteiger charge is 2.24. The second kappa shape index (κ2) is 6.86. The van der Waals surface area contributed by atoms with Gasteiger partial charge in [-0.05, 0) is 38.1 Å². The molecule has 0 saturated carbocycles. The van der Waals surface area contributed by atoms with E-state index < -0.39 is 6.10 Å². The van der Waals surface area contributed by atoms with Crippen molar-refractivity contribution in [3.63, 3.8) is 0 Å². The van der Waals surface area contributed by atoms with Crippen LogP contribution in [0.2, 0.25) is 0 Å². The van der Waals surface area contributed by atoms with Crippen LogP contribution in [-0.2, 0) is 0 Å². The topological polar surface area (TPSA) is 73.6 Å². The molecule has 0 aliphatic carbocycles. The highest BCUT2D eigenvalue weighted by atomic mass is 16.3. The number of rotatable bonds is 4. The van der Waals surface area contributed by atoms with Crippen LogP contribution < -0.4 is 5.32 Å². The molecule has 2 aromatic rings. The second-order valence-corrected chi connectivity index (χ2v) is 5.71. The predicted molar refractivity (Wildman–Crippen MR) is 102 cm³/mol. The summed E-state index contributed by atoms with van der Waals surface area (Å²) in [6, 6.07) is 5.73.